The number of nitrogens with zero attached hydrogens (tertiary/aromatic N) is 7. The first-order valence-corrected chi connectivity index (χ1v) is 13.1. The van der Waals surface area contributed by atoms with E-state index in [2.05, 4.69) is 41.0 Å². The van der Waals surface area contributed by atoms with Crippen LogP contribution in [0, 0.1) is 0 Å². The smallest absolute Gasteiger partial charge is 0.270 e. The van der Waals surface area contributed by atoms with Gasteiger partial charge in [-0.3, -0.25) is 9.69 Å². The van der Waals surface area contributed by atoms with Crippen molar-refractivity contribution in [3.05, 3.63) is 36.3 Å². The summed E-state index contributed by atoms with van der Waals surface area (Å²) in [5.41, 5.74) is 2.63. The van der Waals surface area contributed by atoms with Gasteiger partial charge in [0.05, 0.1) is 11.9 Å². The van der Waals surface area contributed by atoms with E-state index in [0.717, 1.165) is 68.8 Å². The first kappa shape index (κ1) is 23.2. The summed E-state index contributed by atoms with van der Waals surface area (Å²) in [7, 11) is 3.58. The van der Waals surface area contributed by atoms with Gasteiger partial charge in [0, 0.05) is 77.0 Å². The fourth-order valence-corrected chi connectivity index (χ4v) is 5.63. The lowest BCUT2D eigenvalue weighted by Gasteiger charge is -2.43. The van der Waals surface area contributed by atoms with Gasteiger partial charge in [0.15, 0.2) is 0 Å². The van der Waals surface area contributed by atoms with Crippen LogP contribution in [0.5, 0.6) is 0 Å². The van der Waals surface area contributed by atoms with Gasteiger partial charge in [0.2, 0.25) is 5.95 Å². The Morgan fingerprint density at radius 3 is 2.44 bits per heavy atom. The van der Waals surface area contributed by atoms with Crippen molar-refractivity contribution in [2.45, 2.75) is 37.8 Å². The molecule has 3 aromatic heterocycles. The SMILES string of the molecule is CN(C)C(=O)c1cc2cnc(Nc3ccc(N4CCN(C5CNC5)CC4)cn3)nc2n1C1CCCC1. The number of rotatable bonds is 6. The normalized spacial score (nSPS) is 19.6. The molecule has 0 radical (unpaired) electrons. The number of hydrogen-bond acceptors (Lipinski definition) is 8. The summed E-state index contributed by atoms with van der Waals surface area (Å²) in [6.07, 6.45) is 8.22. The lowest BCUT2D eigenvalue weighted by atomic mass is 10.1. The number of nitrogens with one attached hydrogen (secondary N) is 2. The molecule has 6 rings (SSSR count). The Bertz CT molecular complexity index is 1220. The molecule has 0 spiro atoms. The first-order valence-electron chi connectivity index (χ1n) is 13.1. The Morgan fingerprint density at radius 1 is 1.03 bits per heavy atom. The maximum Gasteiger partial charge on any atom is 0.270 e. The Balaban J connectivity index is 1.19. The second-order valence-electron chi connectivity index (χ2n) is 10.4. The molecule has 1 aliphatic carbocycles. The van der Waals surface area contributed by atoms with Crippen LogP contribution in [0.25, 0.3) is 11.0 Å². The molecule has 1 saturated carbocycles. The minimum absolute atomic E-state index is 0.00292. The highest BCUT2D eigenvalue weighted by atomic mass is 16.2. The molecule has 0 atom stereocenters. The summed E-state index contributed by atoms with van der Waals surface area (Å²) in [5.74, 6) is 1.20. The third kappa shape index (κ3) is 4.39. The van der Waals surface area contributed by atoms with Crippen molar-refractivity contribution < 1.29 is 4.79 Å². The van der Waals surface area contributed by atoms with Crippen LogP contribution >= 0.6 is 0 Å². The molecule has 3 aliphatic rings. The largest absolute Gasteiger partial charge is 0.368 e. The molecule has 0 aromatic carbocycles. The lowest BCUT2D eigenvalue weighted by Crippen LogP contribution is -2.61. The van der Waals surface area contributed by atoms with Gasteiger partial charge in [-0.15, -0.1) is 0 Å². The standard InChI is InChI=1S/C26H35N9O/c1-32(2)25(36)22-13-18-14-29-26(31-24(18)35(22)19-5-3-4-6-19)30-23-8-7-20(17-28-23)33-9-11-34(12-10-33)21-15-27-16-21/h7-8,13-14,17,19,21,27H,3-6,9-12,15-16H2,1-2H3,(H,28,29,30,31). The maximum absolute atomic E-state index is 12.9. The summed E-state index contributed by atoms with van der Waals surface area (Å²) in [5, 5.41) is 7.52. The quantitative estimate of drug-likeness (QED) is 0.546. The minimum Gasteiger partial charge on any atom is -0.368 e. The van der Waals surface area contributed by atoms with Crippen molar-refractivity contribution in [3.63, 3.8) is 0 Å². The van der Waals surface area contributed by atoms with Crippen molar-refractivity contribution in [1.82, 2.24) is 34.6 Å². The molecule has 190 valence electrons. The summed E-state index contributed by atoms with van der Waals surface area (Å²) in [4.78, 5) is 33.5. The molecule has 2 aliphatic heterocycles. The van der Waals surface area contributed by atoms with Crippen LogP contribution in [0.4, 0.5) is 17.5 Å². The minimum atomic E-state index is -0.00292. The van der Waals surface area contributed by atoms with E-state index in [4.69, 9.17) is 4.98 Å². The van der Waals surface area contributed by atoms with E-state index in [9.17, 15) is 4.79 Å². The number of carbonyl (C=O) groups is 1. The van der Waals surface area contributed by atoms with Gasteiger partial charge < -0.3 is 25.0 Å². The molecular formula is C26H35N9O. The Hall–Kier alpha value is -3.24. The summed E-state index contributed by atoms with van der Waals surface area (Å²) in [6, 6.07) is 7.03. The van der Waals surface area contributed by atoms with Crippen LogP contribution in [-0.4, -0.2) is 94.6 Å². The van der Waals surface area contributed by atoms with Gasteiger partial charge in [0.1, 0.15) is 17.2 Å². The summed E-state index contributed by atoms with van der Waals surface area (Å²) in [6.45, 7) is 6.48. The van der Waals surface area contributed by atoms with E-state index >= 15 is 0 Å². The molecule has 2 saturated heterocycles. The predicted molar refractivity (Wildman–Crippen MR) is 141 cm³/mol. The summed E-state index contributed by atoms with van der Waals surface area (Å²) < 4.78 is 2.13. The van der Waals surface area contributed by atoms with Crippen LogP contribution in [0.1, 0.15) is 42.2 Å². The van der Waals surface area contributed by atoms with Gasteiger partial charge in [0.25, 0.3) is 5.91 Å². The number of anilines is 3. The summed E-state index contributed by atoms with van der Waals surface area (Å²) >= 11 is 0. The lowest BCUT2D eigenvalue weighted by molar-refractivity contribution is 0.0815. The van der Waals surface area contributed by atoms with E-state index < -0.39 is 0 Å². The third-order valence-corrected chi connectivity index (χ3v) is 7.83. The maximum atomic E-state index is 12.9. The van der Waals surface area contributed by atoms with E-state index in [1.165, 1.54) is 12.8 Å². The Kier molecular flexibility index (Phi) is 6.22. The molecule has 3 fully saturated rings. The zero-order valence-electron chi connectivity index (χ0n) is 21.2. The van der Waals surface area contributed by atoms with Crippen LogP contribution in [0.15, 0.2) is 30.6 Å². The molecule has 10 nitrogen and oxygen atoms in total. The van der Waals surface area contributed by atoms with Crippen molar-refractivity contribution in [3.8, 4) is 0 Å². The van der Waals surface area contributed by atoms with Crippen molar-refractivity contribution >= 4 is 34.4 Å². The number of aromatic nitrogens is 4. The monoisotopic (exact) mass is 489 g/mol. The highest BCUT2D eigenvalue weighted by Crippen LogP contribution is 2.35. The molecule has 3 aromatic rings. The second-order valence-corrected chi connectivity index (χ2v) is 10.4. The molecule has 5 heterocycles. The fraction of sp³-hybridized carbons (Fsp3) is 0.538. The number of hydrogen-bond donors (Lipinski definition) is 2. The van der Waals surface area contributed by atoms with Crippen molar-refractivity contribution in [1.29, 1.82) is 0 Å². The molecule has 0 unspecified atom stereocenters. The molecular weight excluding hydrogens is 454 g/mol. The number of pyridine rings is 1. The van der Waals surface area contributed by atoms with Crippen LogP contribution < -0.4 is 15.5 Å². The highest BCUT2D eigenvalue weighted by molar-refractivity contribution is 5.97. The molecule has 1 amide bonds. The average molecular weight is 490 g/mol. The number of carbonyl (C=O) groups excluding carboxylic acids is 1. The second kappa shape index (κ2) is 9.67. The number of fused-ring (bicyclic) bond motifs is 1. The number of amides is 1. The van der Waals surface area contributed by atoms with Gasteiger partial charge in [-0.25, -0.2) is 9.97 Å². The molecule has 10 heteroatoms. The van der Waals surface area contributed by atoms with E-state index in [1.807, 2.05) is 18.3 Å². The van der Waals surface area contributed by atoms with Gasteiger partial charge in [-0.1, -0.05) is 12.8 Å². The Morgan fingerprint density at radius 2 is 1.81 bits per heavy atom. The van der Waals surface area contributed by atoms with Crippen LogP contribution in [0.3, 0.4) is 0 Å². The predicted octanol–water partition coefficient (Wildman–Crippen LogP) is 2.48. The average Bonchev–Trinajstić information content (AvgIpc) is 3.51. The van der Waals surface area contributed by atoms with Gasteiger partial charge in [-0.2, -0.15) is 4.98 Å². The van der Waals surface area contributed by atoms with Crippen molar-refractivity contribution in [2.75, 3.05) is 63.6 Å². The molecule has 0 bridgehead atoms. The Labute approximate surface area is 211 Å². The first-order chi connectivity index (χ1) is 17.6. The van der Waals surface area contributed by atoms with E-state index in [0.29, 0.717) is 29.5 Å². The van der Waals surface area contributed by atoms with Gasteiger partial charge in [-0.05, 0) is 31.0 Å². The number of piperazine rings is 1. The third-order valence-electron chi connectivity index (χ3n) is 7.83. The zero-order valence-corrected chi connectivity index (χ0v) is 21.2. The van der Waals surface area contributed by atoms with E-state index in [-0.39, 0.29) is 5.91 Å². The van der Waals surface area contributed by atoms with E-state index in [1.54, 1.807) is 25.2 Å². The fourth-order valence-electron chi connectivity index (χ4n) is 5.63. The zero-order chi connectivity index (χ0) is 24.6. The highest BCUT2D eigenvalue weighted by Gasteiger charge is 2.28. The van der Waals surface area contributed by atoms with Crippen LogP contribution in [-0.2, 0) is 0 Å². The van der Waals surface area contributed by atoms with Crippen molar-refractivity contribution in [2.24, 2.45) is 0 Å². The van der Waals surface area contributed by atoms with Crippen LogP contribution in [0.2, 0.25) is 0 Å². The topological polar surface area (TPSA) is 94.5 Å². The molecule has 2 N–H and O–H groups in total. The molecule has 36 heavy (non-hydrogen) atoms. The van der Waals surface area contributed by atoms with Gasteiger partial charge >= 0.3 is 0 Å².